The second-order valence-corrected chi connectivity index (χ2v) is 5.46. The van der Waals surface area contributed by atoms with Gasteiger partial charge in [0, 0.05) is 0 Å². The second-order valence-electron chi connectivity index (χ2n) is 5.46. The van der Waals surface area contributed by atoms with E-state index in [1.54, 1.807) is 36.4 Å². The summed E-state index contributed by atoms with van der Waals surface area (Å²) in [4.78, 5) is 24.9. The number of Topliss-reactive ketones (excluding diaryl/α,β-unsaturated/α-hetero) is 1. The lowest BCUT2D eigenvalue weighted by Crippen LogP contribution is -2.07. The molecular weight excluding hydrogens is 292 g/mol. The number of allylic oxidation sites excluding steroid dienone is 1. The van der Waals surface area contributed by atoms with E-state index < -0.39 is 0 Å². The predicted octanol–water partition coefficient (Wildman–Crippen LogP) is 3.72. The molecule has 112 valence electrons. The second kappa shape index (κ2) is 4.95. The quantitative estimate of drug-likeness (QED) is 0.643. The van der Waals surface area contributed by atoms with Crippen molar-refractivity contribution in [3.63, 3.8) is 0 Å². The van der Waals surface area contributed by atoms with E-state index in [0.29, 0.717) is 27.8 Å². The molecule has 4 heteroatoms. The van der Waals surface area contributed by atoms with Crippen LogP contribution in [-0.2, 0) is 0 Å². The molecular formula is C19H12O4. The van der Waals surface area contributed by atoms with Crippen LogP contribution < -0.4 is 10.2 Å². The molecule has 1 aromatic heterocycles. The zero-order valence-corrected chi connectivity index (χ0v) is 12.3. The van der Waals surface area contributed by atoms with Crippen LogP contribution >= 0.6 is 0 Å². The van der Waals surface area contributed by atoms with Gasteiger partial charge in [-0.1, -0.05) is 23.8 Å². The normalized spacial score (nSPS) is 15.0. The maximum Gasteiger partial charge on any atom is 0.231 e. The third kappa shape index (κ3) is 2.16. The van der Waals surface area contributed by atoms with Gasteiger partial charge in [0.05, 0.1) is 16.5 Å². The monoisotopic (exact) mass is 304 g/mol. The van der Waals surface area contributed by atoms with Crippen molar-refractivity contribution in [1.82, 2.24) is 0 Å². The van der Waals surface area contributed by atoms with E-state index in [2.05, 4.69) is 0 Å². The van der Waals surface area contributed by atoms with Gasteiger partial charge in [-0.25, -0.2) is 0 Å². The summed E-state index contributed by atoms with van der Waals surface area (Å²) < 4.78 is 11.0. The van der Waals surface area contributed by atoms with Crippen LogP contribution in [-0.4, -0.2) is 5.78 Å². The van der Waals surface area contributed by atoms with Gasteiger partial charge in [0.15, 0.2) is 11.2 Å². The molecule has 0 atom stereocenters. The van der Waals surface area contributed by atoms with E-state index in [1.807, 2.05) is 13.0 Å². The molecule has 23 heavy (non-hydrogen) atoms. The zero-order chi connectivity index (χ0) is 16.0. The summed E-state index contributed by atoms with van der Waals surface area (Å²) in [5, 5.41) is 0.488. The summed E-state index contributed by atoms with van der Waals surface area (Å²) in [7, 11) is 0. The number of hydrogen-bond donors (Lipinski definition) is 0. The van der Waals surface area contributed by atoms with Gasteiger partial charge in [-0.2, -0.15) is 0 Å². The molecule has 0 bridgehead atoms. The number of carbonyl (C=O) groups is 1. The highest BCUT2D eigenvalue weighted by molar-refractivity contribution is 6.14. The molecule has 0 aliphatic carbocycles. The molecule has 0 N–H and O–H groups in total. The van der Waals surface area contributed by atoms with Crippen LogP contribution in [0.5, 0.6) is 5.75 Å². The first kappa shape index (κ1) is 13.5. The van der Waals surface area contributed by atoms with E-state index in [0.717, 1.165) is 5.56 Å². The smallest absolute Gasteiger partial charge is 0.231 e. The first-order valence-electron chi connectivity index (χ1n) is 7.19. The van der Waals surface area contributed by atoms with Gasteiger partial charge in [0.1, 0.15) is 17.6 Å². The van der Waals surface area contributed by atoms with Crippen molar-refractivity contribution in [3.05, 3.63) is 81.4 Å². The van der Waals surface area contributed by atoms with Gasteiger partial charge in [-0.3, -0.25) is 9.59 Å². The fraction of sp³-hybridized carbons (Fsp3) is 0.0526. The van der Waals surface area contributed by atoms with Gasteiger partial charge < -0.3 is 9.15 Å². The number of ether oxygens (including phenoxy) is 1. The van der Waals surface area contributed by atoms with E-state index in [-0.39, 0.29) is 17.0 Å². The van der Waals surface area contributed by atoms with Gasteiger partial charge >= 0.3 is 0 Å². The highest BCUT2D eigenvalue weighted by atomic mass is 16.5. The molecule has 4 nitrogen and oxygen atoms in total. The topological polar surface area (TPSA) is 56.5 Å². The summed E-state index contributed by atoms with van der Waals surface area (Å²) in [5.74, 6) is 0.402. The Morgan fingerprint density at radius 2 is 1.87 bits per heavy atom. The van der Waals surface area contributed by atoms with Crippen LogP contribution in [0.1, 0.15) is 21.5 Å². The third-order valence-electron chi connectivity index (χ3n) is 3.82. The standard InChI is InChI=1S/C19H12O4/c1-11-6-7-15-14(8-11)18(20)12(10-22-15)9-17-19(21)13-4-2-3-5-16(13)23-17/h2-10H,1H3/b17-9-. The minimum Gasteiger partial charge on any atom is -0.463 e. The molecule has 0 saturated carbocycles. The van der Waals surface area contributed by atoms with Crippen LogP contribution in [0.15, 0.2) is 63.7 Å². The molecule has 4 rings (SSSR count). The van der Waals surface area contributed by atoms with E-state index in [1.165, 1.54) is 12.3 Å². The highest BCUT2D eigenvalue weighted by Crippen LogP contribution is 2.31. The molecule has 1 aliphatic heterocycles. The minimum atomic E-state index is -0.232. The number of carbonyl (C=O) groups excluding carboxylic acids is 1. The van der Waals surface area contributed by atoms with Crippen LogP contribution in [0.25, 0.3) is 17.0 Å². The summed E-state index contributed by atoms with van der Waals surface area (Å²) in [6.07, 6.45) is 2.79. The molecule has 0 spiro atoms. The average molecular weight is 304 g/mol. The molecule has 0 fully saturated rings. The fourth-order valence-electron chi connectivity index (χ4n) is 2.64. The van der Waals surface area contributed by atoms with Crippen molar-refractivity contribution in [1.29, 1.82) is 0 Å². The van der Waals surface area contributed by atoms with E-state index in [9.17, 15) is 9.59 Å². The van der Waals surface area contributed by atoms with Crippen molar-refractivity contribution in [3.8, 4) is 5.75 Å². The van der Waals surface area contributed by atoms with Crippen molar-refractivity contribution >= 4 is 22.8 Å². The maximum atomic E-state index is 12.6. The molecule has 2 heterocycles. The lowest BCUT2D eigenvalue weighted by atomic mass is 10.1. The summed E-state index contributed by atoms with van der Waals surface area (Å²) in [5.41, 5.74) is 2.09. The number of fused-ring (bicyclic) bond motifs is 2. The average Bonchev–Trinajstić information content (AvgIpc) is 2.87. The lowest BCUT2D eigenvalue weighted by Gasteiger charge is -2.01. The Balaban J connectivity index is 1.84. The Bertz CT molecular complexity index is 1040. The number of rotatable bonds is 1. The molecule has 0 radical (unpaired) electrons. The van der Waals surface area contributed by atoms with Crippen molar-refractivity contribution in [2.24, 2.45) is 0 Å². The van der Waals surface area contributed by atoms with E-state index in [4.69, 9.17) is 9.15 Å². The number of hydrogen-bond acceptors (Lipinski definition) is 4. The van der Waals surface area contributed by atoms with Gasteiger partial charge in [0.25, 0.3) is 0 Å². The summed E-state index contributed by atoms with van der Waals surface area (Å²) in [6, 6.07) is 12.4. The minimum absolute atomic E-state index is 0.130. The Kier molecular flexibility index (Phi) is 2.91. The SMILES string of the molecule is Cc1ccc2occ(/C=C3\Oc4ccccc4C3=O)c(=O)c2c1. The number of aryl methyl sites for hydroxylation is 1. The molecule has 0 amide bonds. The van der Waals surface area contributed by atoms with Gasteiger partial charge in [-0.15, -0.1) is 0 Å². The number of benzene rings is 2. The lowest BCUT2D eigenvalue weighted by molar-refractivity contribution is 0.101. The number of ketones is 1. The van der Waals surface area contributed by atoms with Crippen molar-refractivity contribution in [2.75, 3.05) is 0 Å². The Morgan fingerprint density at radius 1 is 1.04 bits per heavy atom. The Morgan fingerprint density at radius 3 is 2.70 bits per heavy atom. The van der Waals surface area contributed by atoms with Gasteiger partial charge in [-0.05, 0) is 37.3 Å². The first-order chi connectivity index (χ1) is 11.1. The predicted molar refractivity (Wildman–Crippen MR) is 86.6 cm³/mol. The number of para-hydroxylation sites is 1. The molecule has 1 aliphatic rings. The zero-order valence-electron chi connectivity index (χ0n) is 12.3. The van der Waals surface area contributed by atoms with Crippen LogP contribution in [0.4, 0.5) is 0 Å². The van der Waals surface area contributed by atoms with Crippen LogP contribution in [0, 0.1) is 6.92 Å². The first-order valence-corrected chi connectivity index (χ1v) is 7.19. The van der Waals surface area contributed by atoms with E-state index >= 15 is 0 Å². The third-order valence-corrected chi connectivity index (χ3v) is 3.82. The summed E-state index contributed by atoms with van der Waals surface area (Å²) >= 11 is 0. The molecule has 0 saturated heterocycles. The molecule has 3 aromatic rings. The maximum absolute atomic E-state index is 12.6. The Labute approximate surface area is 131 Å². The summed E-state index contributed by atoms with van der Waals surface area (Å²) in [6.45, 7) is 1.91. The largest absolute Gasteiger partial charge is 0.463 e. The van der Waals surface area contributed by atoms with Crippen LogP contribution in [0.3, 0.4) is 0 Å². The molecule has 0 unspecified atom stereocenters. The van der Waals surface area contributed by atoms with Crippen molar-refractivity contribution in [2.45, 2.75) is 6.92 Å². The van der Waals surface area contributed by atoms with Gasteiger partial charge in [0.2, 0.25) is 5.78 Å². The highest BCUT2D eigenvalue weighted by Gasteiger charge is 2.27. The Hall–Kier alpha value is -3.14. The van der Waals surface area contributed by atoms with Crippen LogP contribution in [0.2, 0.25) is 0 Å². The van der Waals surface area contributed by atoms with Crippen molar-refractivity contribution < 1.29 is 13.9 Å². The molecule has 2 aromatic carbocycles. The fourth-order valence-corrected chi connectivity index (χ4v) is 2.64.